The van der Waals surface area contributed by atoms with Crippen LogP contribution in [0, 0.1) is 0 Å². The van der Waals surface area contributed by atoms with E-state index in [1.165, 1.54) is 5.56 Å². The van der Waals surface area contributed by atoms with Crippen LogP contribution in [0.15, 0.2) is 42.7 Å². The van der Waals surface area contributed by atoms with Crippen LogP contribution >= 0.6 is 11.8 Å². The summed E-state index contributed by atoms with van der Waals surface area (Å²) in [6, 6.07) is 10.2. The van der Waals surface area contributed by atoms with Gasteiger partial charge in [0, 0.05) is 18.6 Å². The van der Waals surface area contributed by atoms with Gasteiger partial charge in [0.1, 0.15) is 0 Å². The molecule has 1 aromatic heterocycles. The highest BCUT2D eigenvalue weighted by Gasteiger charge is 2.17. The van der Waals surface area contributed by atoms with Gasteiger partial charge in [-0.1, -0.05) is 30.3 Å². The molecule has 2 aromatic rings. The molecule has 2 heterocycles. The van der Waals surface area contributed by atoms with E-state index in [-0.39, 0.29) is 17.3 Å². The van der Waals surface area contributed by atoms with Crippen LogP contribution in [0.3, 0.4) is 0 Å². The van der Waals surface area contributed by atoms with Gasteiger partial charge in [-0.3, -0.25) is 9.48 Å². The average molecular weight is 345 g/mol. The van der Waals surface area contributed by atoms with Crippen LogP contribution in [0.2, 0.25) is 0 Å². The third-order valence-electron chi connectivity index (χ3n) is 4.03. The van der Waals surface area contributed by atoms with Crippen molar-refractivity contribution in [2.24, 2.45) is 0 Å². The van der Waals surface area contributed by atoms with Crippen molar-refractivity contribution < 1.29 is 9.53 Å². The zero-order valence-electron chi connectivity index (χ0n) is 13.9. The topological polar surface area (TPSA) is 56.2 Å². The summed E-state index contributed by atoms with van der Waals surface area (Å²) in [5, 5.41) is 7.12. The van der Waals surface area contributed by atoms with Gasteiger partial charge in [0.05, 0.1) is 29.8 Å². The number of anilines is 1. The summed E-state index contributed by atoms with van der Waals surface area (Å²) in [5.41, 5.74) is 1.97. The van der Waals surface area contributed by atoms with Crippen LogP contribution in [-0.2, 0) is 21.8 Å². The third-order valence-corrected chi connectivity index (χ3v) is 5.24. The highest BCUT2D eigenvalue weighted by Crippen LogP contribution is 2.19. The number of hydrogen-bond acceptors (Lipinski definition) is 4. The van der Waals surface area contributed by atoms with Gasteiger partial charge < -0.3 is 10.1 Å². The van der Waals surface area contributed by atoms with E-state index in [1.54, 1.807) is 18.0 Å². The smallest absolute Gasteiger partial charge is 0.237 e. The van der Waals surface area contributed by atoms with E-state index in [0.29, 0.717) is 0 Å². The summed E-state index contributed by atoms with van der Waals surface area (Å²) in [6.07, 6.45) is 6.00. The lowest BCUT2D eigenvalue weighted by Gasteiger charge is -2.11. The van der Waals surface area contributed by atoms with Crippen LogP contribution in [-0.4, -0.2) is 33.6 Å². The van der Waals surface area contributed by atoms with Crippen molar-refractivity contribution in [2.45, 2.75) is 43.4 Å². The number of hydrogen-bond donors (Lipinski definition) is 1. The van der Waals surface area contributed by atoms with Crippen molar-refractivity contribution in [3.63, 3.8) is 0 Å². The van der Waals surface area contributed by atoms with Crippen LogP contribution in [0.4, 0.5) is 5.69 Å². The van der Waals surface area contributed by atoms with Gasteiger partial charge in [-0.2, -0.15) is 5.10 Å². The SMILES string of the molecule is C[C@H](SCc1ccccc1)C(=O)Nc1cnn(C[C@@H]2CCCO2)c1. The van der Waals surface area contributed by atoms with E-state index in [0.717, 1.165) is 37.4 Å². The third kappa shape index (κ3) is 4.85. The van der Waals surface area contributed by atoms with Crippen LogP contribution in [0.1, 0.15) is 25.3 Å². The number of rotatable bonds is 7. The Bertz CT molecular complexity index is 653. The Hall–Kier alpha value is -1.79. The summed E-state index contributed by atoms with van der Waals surface area (Å²) in [7, 11) is 0. The monoisotopic (exact) mass is 345 g/mol. The molecule has 0 radical (unpaired) electrons. The maximum Gasteiger partial charge on any atom is 0.237 e. The Morgan fingerprint density at radius 2 is 2.29 bits per heavy atom. The minimum Gasteiger partial charge on any atom is -0.376 e. The highest BCUT2D eigenvalue weighted by atomic mass is 32.2. The summed E-state index contributed by atoms with van der Waals surface area (Å²) in [4.78, 5) is 12.3. The molecule has 1 aliphatic rings. The van der Waals surface area contributed by atoms with Crippen molar-refractivity contribution in [1.29, 1.82) is 0 Å². The Morgan fingerprint density at radius 1 is 1.46 bits per heavy atom. The lowest BCUT2D eigenvalue weighted by Crippen LogP contribution is -2.22. The molecule has 1 N–H and O–H groups in total. The second-order valence-electron chi connectivity index (χ2n) is 6.01. The first-order valence-corrected chi connectivity index (χ1v) is 9.36. The molecule has 0 spiro atoms. The molecular weight excluding hydrogens is 322 g/mol. The fourth-order valence-electron chi connectivity index (χ4n) is 2.64. The molecule has 1 fully saturated rings. The first kappa shape index (κ1) is 17.0. The molecule has 3 rings (SSSR count). The number of nitrogens with zero attached hydrogens (tertiary/aromatic N) is 2. The zero-order chi connectivity index (χ0) is 16.8. The maximum atomic E-state index is 12.3. The summed E-state index contributed by atoms with van der Waals surface area (Å²) in [5.74, 6) is 0.834. The van der Waals surface area contributed by atoms with E-state index in [9.17, 15) is 4.79 Å². The molecule has 0 aliphatic carbocycles. The minimum atomic E-state index is -0.119. The molecule has 2 atom stereocenters. The maximum absolute atomic E-state index is 12.3. The highest BCUT2D eigenvalue weighted by molar-refractivity contribution is 7.99. The normalized spacial score (nSPS) is 18.5. The number of benzene rings is 1. The van der Waals surface area contributed by atoms with Crippen molar-refractivity contribution in [3.05, 3.63) is 48.3 Å². The van der Waals surface area contributed by atoms with Gasteiger partial charge in [-0.25, -0.2) is 0 Å². The molecule has 6 heteroatoms. The molecule has 0 unspecified atom stereocenters. The molecule has 1 amide bonds. The Balaban J connectivity index is 1.46. The molecule has 1 saturated heterocycles. The quantitative estimate of drug-likeness (QED) is 0.836. The van der Waals surface area contributed by atoms with Gasteiger partial charge in [0.15, 0.2) is 0 Å². The number of carbonyl (C=O) groups excluding carboxylic acids is 1. The fourth-order valence-corrected chi connectivity index (χ4v) is 3.49. The second kappa shape index (κ2) is 8.35. The summed E-state index contributed by atoms with van der Waals surface area (Å²) in [6.45, 7) is 3.51. The van der Waals surface area contributed by atoms with Gasteiger partial charge in [0.2, 0.25) is 5.91 Å². The van der Waals surface area contributed by atoms with E-state index >= 15 is 0 Å². The van der Waals surface area contributed by atoms with Gasteiger partial charge in [-0.15, -0.1) is 11.8 Å². The average Bonchev–Trinajstić information content (AvgIpc) is 3.26. The predicted octanol–water partition coefficient (Wildman–Crippen LogP) is 3.32. The lowest BCUT2D eigenvalue weighted by molar-refractivity contribution is -0.115. The summed E-state index contributed by atoms with van der Waals surface area (Å²) < 4.78 is 7.45. The number of carbonyl (C=O) groups is 1. The number of thioether (sulfide) groups is 1. The van der Waals surface area contributed by atoms with Gasteiger partial charge in [0.25, 0.3) is 0 Å². The molecule has 0 saturated carbocycles. The van der Waals surface area contributed by atoms with Crippen molar-refractivity contribution in [3.8, 4) is 0 Å². The predicted molar refractivity (Wildman–Crippen MR) is 97.0 cm³/mol. The van der Waals surface area contributed by atoms with Crippen molar-refractivity contribution in [1.82, 2.24) is 9.78 Å². The van der Waals surface area contributed by atoms with Crippen LogP contribution < -0.4 is 5.32 Å². The number of ether oxygens (including phenoxy) is 1. The van der Waals surface area contributed by atoms with E-state index in [2.05, 4.69) is 22.5 Å². The van der Waals surface area contributed by atoms with Gasteiger partial charge in [-0.05, 0) is 25.3 Å². The fraction of sp³-hybridized carbons (Fsp3) is 0.444. The van der Waals surface area contributed by atoms with Crippen LogP contribution in [0.25, 0.3) is 0 Å². The Morgan fingerprint density at radius 3 is 3.04 bits per heavy atom. The standard InChI is InChI=1S/C18H23N3O2S/c1-14(24-13-15-6-3-2-4-7-15)18(22)20-16-10-19-21(11-16)12-17-8-5-9-23-17/h2-4,6-7,10-11,14,17H,5,8-9,12-13H2,1H3,(H,20,22)/t14-,17-/m0/s1. The van der Waals surface area contributed by atoms with Gasteiger partial charge >= 0.3 is 0 Å². The van der Waals surface area contributed by atoms with Crippen LogP contribution in [0.5, 0.6) is 0 Å². The Labute approximate surface area is 146 Å². The van der Waals surface area contributed by atoms with Crippen molar-refractivity contribution >= 4 is 23.4 Å². The van der Waals surface area contributed by atoms with E-state index < -0.39 is 0 Å². The molecule has 24 heavy (non-hydrogen) atoms. The van der Waals surface area contributed by atoms with E-state index in [1.807, 2.05) is 36.0 Å². The first-order valence-electron chi connectivity index (χ1n) is 8.31. The first-order chi connectivity index (χ1) is 11.7. The minimum absolute atomic E-state index is 0.00703. The largest absolute Gasteiger partial charge is 0.376 e. The zero-order valence-corrected chi connectivity index (χ0v) is 14.7. The molecule has 1 aromatic carbocycles. The molecule has 128 valence electrons. The molecule has 1 aliphatic heterocycles. The molecular formula is C18H23N3O2S. The number of amides is 1. The number of aromatic nitrogens is 2. The second-order valence-corrected chi connectivity index (χ2v) is 7.34. The molecule has 0 bridgehead atoms. The Kier molecular flexibility index (Phi) is 5.93. The lowest BCUT2D eigenvalue weighted by atomic mass is 10.2. The molecule has 5 nitrogen and oxygen atoms in total. The number of nitrogens with one attached hydrogen (secondary N) is 1. The van der Waals surface area contributed by atoms with Crippen molar-refractivity contribution in [2.75, 3.05) is 11.9 Å². The summed E-state index contributed by atoms with van der Waals surface area (Å²) >= 11 is 1.63. The van der Waals surface area contributed by atoms with E-state index in [4.69, 9.17) is 4.74 Å².